The van der Waals surface area contributed by atoms with E-state index in [0.29, 0.717) is 0 Å². The number of aliphatic hydroxyl groups is 1. The molecule has 17 heteroatoms. The molecule has 0 aliphatic heterocycles. The molecule has 0 aromatic carbocycles. The van der Waals surface area contributed by atoms with E-state index in [2.05, 4.69) is 0 Å². The zero-order chi connectivity index (χ0) is 21.1. The Kier molecular flexibility index (Phi) is 5.41. The van der Waals surface area contributed by atoms with Crippen LogP contribution < -0.4 is 0 Å². The lowest BCUT2D eigenvalue weighted by molar-refractivity contribution is -0.429. The van der Waals surface area contributed by atoms with Crippen molar-refractivity contribution in [3.63, 3.8) is 0 Å². The summed E-state index contributed by atoms with van der Waals surface area (Å²) in [4.78, 5) is 0. The fourth-order valence-electron chi connectivity index (χ4n) is 1.04. The van der Waals surface area contributed by atoms with E-state index in [-0.39, 0.29) is 0 Å². The Morgan fingerprint density at radius 2 is 0.800 bits per heavy atom. The van der Waals surface area contributed by atoms with E-state index in [0.717, 1.165) is 0 Å². The number of hydrogen-bond donors (Lipinski definition) is 1. The molecule has 0 bridgehead atoms. The number of alkyl halides is 15. The summed E-state index contributed by atoms with van der Waals surface area (Å²) < 4.78 is 197. The average molecular weight is 417 g/mol. The van der Waals surface area contributed by atoms with Crippen LogP contribution in [0, 0.1) is 6.17 Å². The third kappa shape index (κ3) is 3.18. The van der Waals surface area contributed by atoms with Crippen LogP contribution in [-0.2, 0) is 0 Å². The van der Waals surface area contributed by atoms with E-state index in [1.165, 1.54) is 0 Å². The van der Waals surface area contributed by atoms with Crippen molar-refractivity contribution in [1.29, 1.82) is 0 Å². The van der Waals surface area contributed by atoms with Gasteiger partial charge in [-0.25, -0.2) is 4.39 Å². The molecule has 0 saturated heterocycles. The zero-order valence-electron chi connectivity index (χ0n) is 10.5. The highest BCUT2D eigenvalue weighted by Gasteiger charge is 2.90. The van der Waals surface area contributed by atoms with Gasteiger partial charge in [-0.15, -0.1) is 0 Å². The Morgan fingerprint density at radius 1 is 0.480 bits per heavy atom. The first kappa shape index (κ1) is 23.8. The maximum Gasteiger partial charge on any atom is 0.460 e. The minimum Gasteiger partial charge on any atom is -0.331 e. The average Bonchev–Trinajstić information content (AvgIpc) is 2.34. The van der Waals surface area contributed by atoms with Crippen molar-refractivity contribution in [2.45, 2.75) is 41.9 Å². The molecule has 0 amide bonds. The minimum atomic E-state index is -8.29. The smallest absolute Gasteiger partial charge is 0.331 e. The summed E-state index contributed by atoms with van der Waals surface area (Å²) in [6, 6.07) is 0. The Balaban J connectivity index is 6.32. The summed E-state index contributed by atoms with van der Waals surface area (Å²) in [7, 11) is 0. The molecule has 0 aliphatic rings. The van der Waals surface area contributed by atoms with Gasteiger partial charge in [0.2, 0.25) is 0 Å². The summed E-state index contributed by atoms with van der Waals surface area (Å²) in [5, 5.41) is 7.40. The zero-order valence-corrected chi connectivity index (χ0v) is 10.5. The maximum atomic E-state index is 12.8. The molecular weight excluding hydrogens is 416 g/mol. The second kappa shape index (κ2) is 5.67. The van der Waals surface area contributed by atoms with Crippen LogP contribution in [0.1, 0.15) is 0 Å². The molecule has 0 aliphatic carbocycles. The second-order valence-electron chi connectivity index (χ2n) is 4.22. The van der Waals surface area contributed by atoms with Gasteiger partial charge in [-0.2, -0.15) is 65.9 Å². The molecule has 0 aromatic rings. The van der Waals surface area contributed by atoms with Crippen LogP contribution >= 0.6 is 0 Å². The van der Waals surface area contributed by atoms with Gasteiger partial charge in [0.1, 0.15) is 0 Å². The summed E-state index contributed by atoms with van der Waals surface area (Å²) in [6.45, 7) is 0. The molecule has 25 heavy (non-hydrogen) atoms. The number of halogens is 16. The van der Waals surface area contributed by atoms with E-state index >= 15 is 0 Å². The standard InChI is InChI=1S/C8HF16O/c9-1(3(12,13)8(23,24)25)2(10,11)4(14,15)5(16,17)6(18,19)7(20,21)22/h25H. The van der Waals surface area contributed by atoms with Gasteiger partial charge in [0.05, 0.1) is 0 Å². The molecule has 0 aromatic heterocycles. The van der Waals surface area contributed by atoms with Gasteiger partial charge in [0.15, 0.2) is 0 Å². The predicted octanol–water partition coefficient (Wildman–Crippen LogP) is 4.81. The van der Waals surface area contributed by atoms with E-state index in [1.807, 2.05) is 0 Å². The van der Waals surface area contributed by atoms with Crippen LogP contribution in [0.4, 0.5) is 70.2 Å². The highest BCUT2D eigenvalue weighted by atomic mass is 19.4. The highest BCUT2D eigenvalue weighted by Crippen LogP contribution is 2.61. The molecule has 0 rings (SSSR count). The number of rotatable bonds is 6. The Labute approximate surface area is 125 Å². The molecule has 0 spiro atoms. The molecule has 1 nitrogen and oxygen atoms in total. The summed E-state index contributed by atoms with van der Waals surface area (Å²) in [5.74, 6) is -40.0. The van der Waals surface area contributed by atoms with Gasteiger partial charge >= 0.3 is 41.9 Å². The lowest BCUT2D eigenvalue weighted by atomic mass is 9.92. The van der Waals surface area contributed by atoms with Crippen molar-refractivity contribution in [1.82, 2.24) is 0 Å². The third-order valence-corrected chi connectivity index (χ3v) is 2.47. The Morgan fingerprint density at radius 3 is 1.04 bits per heavy atom. The monoisotopic (exact) mass is 417 g/mol. The molecular formula is C8HF16O. The largest absolute Gasteiger partial charge is 0.460 e. The fourth-order valence-corrected chi connectivity index (χ4v) is 1.04. The lowest BCUT2D eigenvalue weighted by Gasteiger charge is -2.39. The van der Waals surface area contributed by atoms with Gasteiger partial charge in [-0.3, -0.25) is 0 Å². The predicted molar refractivity (Wildman–Crippen MR) is 42.3 cm³/mol. The quantitative estimate of drug-likeness (QED) is 0.616. The SMILES string of the molecule is OC(F)(F)C(F)(F)[C](F)C(F)(F)C(F)(F)C(F)(F)C(F)(F)C(F)(F)F. The van der Waals surface area contributed by atoms with E-state index < -0.39 is 48.1 Å². The van der Waals surface area contributed by atoms with Gasteiger partial charge in [0, 0.05) is 0 Å². The molecule has 151 valence electrons. The van der Waals surface area contributed by atoms with Crippen molar-refractivity contribution in [3.05, 3.63) is 6.17 Å². The molecule has 1 radical (unpaired) electrons. The van der Waals surface area contributed by atoms with Crippen molar-refractivity contribution < 1.29 is 75.4 Å². The van der Waals surface area contributed by atoms with E-state index in [9.17, 15) is 70.2 Å². The molecule has 0 heterocycles. The van der Waals surface area contributed by atoms with E-state index in [1.54, 1.807) is 0 Å². The first-order chi connectivity index (χ1) is 10.4. The maximum absolute atomic E-state index is 12.8. The second-order valence-corrected chi connectivity index (χ2v) is 4.22. The van der Waals surface area contributed by atoms with Gasteiger partial charge in [-0.1, -0.05) is 0 Å². The first-order valence-electron chi connectivity index (χ1n) is 5.00. The van der Waals surface area contributed by atoms with Gasteiger partial charge in [-0.05, 0) is 0 Å². The first-order valence-corrected chi connectivity index (χ1v) is 5.00. The third-order valence-electron chi connectivity index (χ3n) is 2.47. The molecule has 0 atom stereocenters. The van der Waals surface area contributed by atoms with Crippen molar-refractivity contribution in [3.8, 4) is 0 Å². The van der Waals surface area contributed by atoms with Crippen molar-refractivity contribution in [2.24, 2.45) is 0 Å². The van der Waals surface area contributed by atoms with Crippen LogP contribution in [0.25, 0.3) is 0 Å². The van der Waals surface area contributed by atoms with Crippen LogP contribution in [0.15, 0.2) is 0 Å². The Hall–Kier alpha value is -1.16. The van der Waals surface area contributed by atoms with Gasteiger partial charge < -0.3 is 5.11 Å². The number of hydrogen-bond acceptors (Lipinski definition) is 1. The molecule has 0 fully saturated rings. The fraction of sp³-hybridized carbons (Fsp3) is 0.875. The summed E-state index contributed by atoms with van der Waals surface area (Å²) in [5.41, 5.74) is 0. The molecule has 1 N–H and O–H groups in total. The van der Waals surface area contributed by atoms with Crippen LogP contribution in [0.2, 0.25) is 0 Å². The minimum absolute atomic E-state index is 5.48. The summed E-state index contributed by atoms with van der Waals surface area (Å²) >= 11 is 0. The lowest BCUT2D eigenvalue weighted by Crippen LogP contribution is -2.69. The van der Waals surface area contributed by atoms with Crippen molar-refractivity contribution in [2.75, 3.05) is 0 Å². The molecule has 0 saturated carbocycles. The molecule has 0 unspecified atom stereocenters. The van der Waals surface area contributed by atoms with Crippen LogP contribution in [0.3, 0.4) is 0 Å². The summed E-state index contributed by atoms with van der Waals surface area (Å²) in [6.07, 6.45) is -20.1. The van der Waals surface area contributed by atoms with E-state index in [4.69, 9.17) is 5.11 Å². The normalized spacial score (nSPS) is 16.6. The van der Waals surface area contributed by atoms with Crippen LogP contribution in [0.5, 0.6) is 0 Å². The van der Waals surface area contributed by atoms with Gasteiger partial charge in [0.25, 0.3) is 6.17 Å². The highest BCUT2D eigenvalue weighted by molar-refractivity contribution is 5.18. The Bertz CT molecular complexity index is 483. The topological polar surface area (TPSA) is 20.2 Å². The van der Waals surface area contributed by atoms with Crippen molar-refractivity contribution >= 4 is 0 Å². The van der Waals surface area contributed by atoms with Crippen LogP contribution in [-0.4, -0.2) is 47.0 Å².